The largest absolute Gasteiger partial charge is 0.507 e. The van der Waals surface area contributed by atoms with Crippen LogP contribution in [0.2, 0.25) is 0 Å². The molecular formula is C14H10CuO. The van der Waals surface area contributed by atoms with Gasteiger partial charge in [0.05, 0.1) is 0 Å². The van der Waals surface area contributed by atoms with Gasteiger partial charge in [-0.3, -0.25) is 0 Å². The molecule has 0 spiro atoms. The number of phenolic OH excluding ortho intramolecular Hbond substituents is 1. The first-order chi connectivity index (χ1) is 7.34. The molecule has 1 nitrogen and oxygen atoms in total. The van der Waals surface area contributed by atoms with E-state index in [1.54, 1.807) is 6.07 Å². The monoisotopic (exact) mass is 257 g/mol. The van der Waals surface area contributed by atoms with Gasteiger partial charge in [-0.05, 0) is 34.4 Å². The number of fused-ring (bicyclic) bond motifs is 2. The van der Waals surface area contributed by atoms with E-state index >= 15 is 0 Å². The van der Waals surface area contributed by atoms with E-state index in [0.29, 0.717) is 5.75 Å². The van der Waals surface area contributed by atoms with Gasteiger partial charge in [-0.15, -0.1) is 0 Å². The van der Waals surface area contributed by atoms with Gasteiger partial charge in [0.15, 0.2) is 0 Å². The molecule has 0 aromatic heterocycles. The number of phenols is 1. The zero-order chi connectivity index (χ0) is 10.3. The van der Waals surface area contributed by atoms with Crippen molar-refractivity contribution in [3.63, 3.8) is 0 Å². The standard InChI is InChI=1S/C14H10O.Cu/c15-14-7-3-6-12-8-10-4-1-2-5-11(10)9-13(12)14;/h1-9,15H;. The molecule has 0 bridgehead atoms. The molecule has 0 atom stereocenters. The maximum Gasteiger partial charge on any atom is 0.123 e. The van der Waals surface area contributed by atoms with Crippen molar-refractivity contribution < 1.29 is 22.2 Å². The topological polar surface area (TPSA) is 20.2 Å². The zero-order valence-corrected chi connectivity index (χ0v) is 9.39. The van der Waals surface area contributed by atoms with Crippen LogP contribution in [0.4, 0.5) is 0 Å². The molecule has 0 fully saturated rings. The fourth-order valence-corrected chi connectivity index (χ4v) is 1.95. The number of hydrogen-bond acceptors (Lipinski definition) is 1. The average Bonchev–Trinajstić information content (AvgIpc) is 2.27. The molecule has 0 saturated heterocycles. The van der Waals surface area contributed by atoms with Gasteiger partial charge in [-0.2, -0.15) is 0 Å². The van der Waals surface area contributed by atoms with Crippen molar-refractivity contribution in [3.8, 4) is 5.75 Å². The number of rotatable bonds is 0. The molecule has 1 N–H and O–H groups in total. The summed E-state index contributed by atoms with van der Waals surface area (Å²) in [5, 5.41) is 14.1. The minimum atomic E-state index is 0. The van der Waals surface area contributed by atoms with Crippen LogP contribution in [0.1, 0.15) is 0 Å². The van der Waals surface area contributed by atoms with Crippen molar-refractivity contribution in [2.24, 2.45) is 0 Å². The Labute approximate surface area is 104 Å². The Balaban J connectivity index is 0.000000963. The van der Waals surface area contributed by atoms with Crippen LogP contribution in [0.15, 0.2) is 54.6 Å². The van der Waals surface area contributed by atoms with Crippen LogP contribution in [-0.4, -0.2) is 5.11 Å². The third kappa shape index (κ3) is 1.67. The molecule has 0 unspecified atom stereocenters. The predicted molar refractivity (Wildman–Crippen MR) is 63.1 cm³/mol. The molecule has 16 heavy (non-hydrogen) atoms. The number of aromatic hydroxyl groups is 1. The normalized spacial score (nSPS) is 10.2. The second-order valence-corrected chi connectivity index (χ2v) is 3.70. The van der Waals surface area contributed by atoms with Crippen LogP contribution in [0, 0.1) is 0 Å². The summed E-state index contributed by atoms with van der Waals surface area (Å²) >= 11 is 0. The SMILES string of the molecule is Oc1cccc2cc3ccccc3cc12.[Cu]. The number of hydrogen-bond donors (Lipinski definition) is 1. The van der Waals surface area contributed by atoms with Crippen LogP contribution in [0.25, 0.3) is 21.5 Å². The van der Waals surface area contributed by atoms with Crippen LogP contribution in [0.3, 0.4) is 0 Å². The van der Waals surface area contributed by atoms with Crippen molar-refractivity contribution in [2.75, 3.05) is 0 Å². The molecule has 0 aliphatic rings. The predicted octanol–water partition coefficient (Wildman–Crippen LogP) is 3.70. The van der Waals surface area contributed by atoms with Gasteiger partial charge in [0, 0.05) is 22.5 Å². The number of benzene rings is 3. The summed E-state index contributed by atoms with van der Waals surface area (Å²) in [6, 6.07) is 17.9. The second kappa shape index (κ2) is 4.17. The fraction of sp³-hybridized carbons (Fsp3) is 0. The Morgan fingerprint density at radius 1 is 0.688 bits per heavy atom. The molecule has 3 aromatic rings. The molecule has 83 valence electrons. The summed E-state index contributed by atoms with van der Waals surface area (Å²) in [5.41, 5.74) is 0. The minimum Gasteiger partial charge on any atom is -0.507 e. The molecule has 3 aromatic carbocycles. The van der Waals surface area contributed by atoms with Gasteiger partial charge in [0.25, 0.3) is 0 Å². The average molecular weight is 258 g/mol. The first-order valence-corrected chi connectivity index (χ1v) is 4.95. The molecule has 1 radical (unpaired) electrons. The van der Waals surface area contributed by atoms with Crippen molar-refractivity contribution in [3.05, 3.63) is 54.6 Å². The molecule has 0 heterocycles. The van der Waals surface area contributed by atoms with Crippen molar-refractivity contribution in [1.82, 2.24) is 0 Å². The molecule has 2 heteroatoms. The van der Waals surface area contributed by atoms with E-state index in [1.165, 1.54) is 5.39 Å². The van der Waals surface area contributed by atoms with Gasteiger partial charge in [-0.25, -0.2) is 0 Å². The molecule has 3 rings (SSSR count). The first kappa shape index (κ1) is 11.0. The van der Waals surface area contributed by atoms with Crippen LogP contribution >= 0.6 is 0 Å². The molecule has 0 saturated carbocycles. The van der Waals surface area contributed by atoms with E-state index in [4.69, 9.17) is 0 Å². The summed E-state index contributed by atoms with van der Waals surface area (Å²) in [7, 11) is 0. The maximum absolute atomic E-state index is 9.73. The summed E-state index contributed by atoms with van der Waals surface area (Å²) in [4.78, 5) is 0. The van der Waals surface area contributed by atoms with E-state index < -0.39 is 0 Å². The molecule has 0 amide bonds. The summed E-state index contributed by atoms with van der Waals surface area (Å²) in [6.07, 6.45) is 0. The summed E-state index contributed by atoms with van der Waals surface area (Å²) < 4.78 is 0. The Bertz CT molecular complexity index is 646. The third-order valence-corrected chi connectivity index (χ3v) is 2.72. The molecule has 0 aliphatic carbocycles. The third-order valence-electron chi connectivity index (χ3n) is 2.72. The van der Waals surface area contributed by atoms with Gasteiger partial charge >= 0.3 is 0 Å². The zero-order valence-electron chi connectivity index (χ0n) is 8.44. The van der Waals surface area contributed by atoms with Crippen molar-refractivity contribution in [1.29, 1.82) is 0 Å². The van der Waals surface area contributed by atoms with Gasteiger partial charge in [-0.1, -0.05) is 36.4 Å². The summed E-state index contributed by atoms with van der Waals surface area (Å²) in [5.74, 6) is 0.346. The minimum absolute atomic E-state index is 0. The van der Waals surface area contributed by atoms with Gasteiger partial charge in [0.1, 0.15) is 5.75 Å². The maximum atomic E-state index is 9.73. The molecular weight excluding hydrogens is 248 g/mol. The smallest absolute Gasteiger partial charge is 0.123 e. The Morgan fingerprint density at radius 3 is 2.06 bits per heavy atom. The quantitative estimate of drug-likeness (QED) is 0.481. The van der Waals surface area contributed by atoms with E-state index in [2.05, 4.69) is 18.2 Å². The van der Waals surface area contributed by atoms with Crippen LogP contribution < -0.4 is 0 Å². The van der Waals surface area contributed by atoms with E-state index in [1.807, 2.05) is 30.3 Å². The van der Waals surface area contributed by atoms with Crippen LogP contribution in [-0.2, 0) is 17.1 Å². The van der Waals surface area contributed by atoms with Crippen molar-refractivity contribution >= 4 is 21.5 Å². The van der Waals surface area contributed by atoms with Gasteiger partial charge < -0.3 is 5.11 Å². The second-order valence-electron chi connectivity index (χ2n) is 3.70. The van der Waals surface area contributed by atoms with Gasteiger partial charge in [0.2, 0.25) is 0 Å². The van der Waals surface area contributed by atoms with E-state index in [9.17, 15) is 5.11 Å². The molecule has 0 aliphatic heterocycles. The van der Waals surface area contributed by atoms with E-state index in [-0.39, 0.29) is 17.1 Å². The van der Waals surface area contributed by atoms with Crippen molar-refractivity contribution in [2.45, 2.75) is 0 Å². The van der Waals surface area contributed by atoms with E-state index in [0.717, 1.165) is 16.2 Å². The Kier molecular flexibility index (Phi) is 2.86. The first-order valence-electron chi connectivity index (χ1n) is 4.95. The summed E-state index contributed by atoms with van der Waals surface area (Å²) in [6.45, 7) is 0. The fourth-order valence-electron chi connectivity index (χ4n) is 1.95. The van der Waals surface area contributed by atoms with Crippen LogP contribution in [0.5, 0.6) is 5.75 Å². The Hall–Kier alpha value is -1.50. The Morgan fingerprint density at radius 2 is 1.31 bits per heavy atom.